The van der Waals surface area contributed by atoms with Gasteiger partial charge in [-0.2, -0.15) is 0 Å². The SMILES string of the molecule is CC(C)CC(C)NC(=O)NC(C)CCCC(=O)O. The van der Waals surface area contributed by atoms with Gasteiger partial charge in [0.15, 0.2) is 0 Å². The molecule has 2 atom stereocenters. The van der Waals surface area contributed by atoms with Gasteiger partial charge in [-0.1, -0.05) is 13.8 Å². The molecule has 0 aromatic carbocycles. The van der Waals surface area contributed by atoms with Crippen molar-refractivity contribution < 1.29 is 14.7 Å². The largest absolute Gasteiger partial charge is 0.481 e. The van der Waals surface area contributed by atoms with Crippen LogP contribution in [-0.2, 0) is 4.79 Å². The molecule has 3 N–H and O–H groups in total. The monoisotopic (exact) mass is 258 g/mol. The zero-order valence-corrected chi connectivity index (χ0v) is 11.8. The van der Waals surface area contributed by atoms with Gasteiger partial charge in [0.1, 0.15) is 0 Å². The lowest BCUT2D eigenvalue weighted by atomic mass is 10.1. The first-order chi connectivity index (χ1) is 8.31. The second kappa shape index (κ2) is 8.78. The number of hydrogen-bond donors (Lipinski definition) is 3. The summed E-state index contributed by atoms with van der Waals surface area (Å²) in [6.45, 7) is 8.10. The van der Waals surface area contributed by atoms with E-state index in [1.165, 1.54) is 0 Å². The summed E-state index contributed by atoms with van der Waals surface area (Å²) in [6.07, 6.45) is 2.36. The molecule has 0 rings (SSSR count). The molecular formula is C13H26N2O3. The van der Waals surface area contributed by atoms with Gasteiger partial charge < -0.3 is 15.7 Å². The van der Waals surface area contributed by atoms with Crippen molar-refractivity contribution in [2.24, 2.45) is 5.92 Å². The van der Waals surface area contributed by atoms with E-state index in [2.05, 4.69) is 24.5 Å². The van der Waals surface area contributed by atoms with E-state index in [0.717, 1.165) is 6.42 Å². The third-order valence-corrected chi connectivity index (χ3v) is 2.61. The summed E-state index contributed by atoms with van der Waals surface area (Å²) >= 11 is 0. The summed E-state index contributed by atoms with van der Waals surface area (Å²) in [5.74, 6) is -0.245. The van der Waals surface area contributed by atoms with Gasteiger partial charge in [-0.05, 0) is 39.0 Å². The molecule has 0 saturated heterocycles. The number of aliphatic carboxylic acids is 1. The number of carboxylic acid groups (broad SMARTS) is 1. The van der Waals surface area contributed by atoms with E-state index in [0.29, 0.717) is 18.8 Å². The highest BCUT2D eigenvalue weighted by molar-refractivity contribution is 5.74. The van der Waals surface area contributed by atoms with Crippen molar-refractivity contribution in [2.75, 3.05) is 0 Å². The maximum atomic E-state index is 11.6. The Balaban J connectivity index is 3.76. The molecule has 0 fully saturated rings. The molecule has 5 heteroatoms. The van der Waals surface area contributed by atoms with Crippen molar-refractivity contribution in [1.82, 2.24) is 10.6 Å². The zero-order valence-electron chi connectivity index (χ0n) is 11.8. The normalized spacial score (nSPS) is 14.1. The predicted octanol–water partition coefficient (Wildman–Crippen LogP) is 2.36. The molecule has 2 amide bonds. The van der Waals surface area contributed by atoms with Crippen molar-refractivity contribution >= 4 is 12.0 Å². The van der Waals surface area contributed by atoms with Crippen molar-refractivity contribution in [3.63, 3.8) is 0 Å². The third kappa shape index (κ3) is 9.93. The van der Waals surface area contributed by atoms with Gasteiger partial charge in [-0.3, -0.25) is 4.79 Å². The Bertz CT molecular complexity index is 267. The zero-order chi connectivity index (χ0) is 14.1. The van der Waals surface area contributed by atoms with Crippen molar-refractivity contribution in [2.45, 2.75) is 65.5 Å². The van der Waals surface area contributed by atoms with Crippen LogP contribution in [0.25, 0.3) is 0 Å². The van der Waals surface area contributed by atoms with Crippen LogP contribution in [0.1, 0.15) is 53.4 Å². The molecular weight excluding hydrogens is 232 g/mol. The number of hydrogen-bond acceptors (Lipinski definition) is 2. The number of nitrogens with one attached hydrogen (secondary N) is 2. The highest BCUT2D eigenvalue weighted by Crippen LogP contribution is 2.04. The Labute approximate surface area is 109 Å². The smallest absolute Gasteiger partial charge is 0.315 e. The van der Waals surface area contributed by atoms with Crippen LogP contribution >= 0.6 is 0 Å². The summed E-state index contributed by atoms with van der Waals surface area (Å²) in [5, 5.41) is 14.2. The van der Waals surface area contributed by atoms with E-state index in [1.807, 2.05) is 13.8 Å². The van der Waals surface area contributed by atoms with E-state index in [-0.39, 0.29) is 24.5 Å². The number of carboxylic acids is 1. The van der Waals surface area contributed by atoms with Crippen LogP contribution in [0, 0.1) is 5.92 Å². The number of rotatable bonds is 8. The minimum absolute atomic E-state index is 0.00407. The molecule has 0 aromatic rings. The van der Waals surface area contributed by atoms with Crippen molar-refractivity contribution in [3.8, 4) is 0 Å². The maximum Gasteiger partial charge on any atom is 0.315 e. The van der Waals surface area contributed by atoms with Gasteiger partial charge in [0.2, 0.25) is 0 Å². The van der Waals surface area contributed by atoms with E-state index in [4.69, 9.17) is 5.11 Å². The van der Waals surface area contributed by atoms with Gasteiger partial charge in [0.05, 0.1) is 0 Å². The Kier molecular flexibility index (Phi) is 8.16. The standard InChI is InChI=1S/C13H26N2O3/c1-9(2)8-11(4)15-13(18)14-10(3)6-5-7-12(16)17/h9-11H,5-8H2,1-4H3,(H,16,17)(H2,14,15,18). The van der Waals surface area contributed by atoms with E-state index < -0.39 is 5.97 Å². The summed E-state index contributed by atoms with van der Waals surface area (Å²) in [7, 11) is 0. The molecule has 0 aliphatic carbocycles. The highest BCUT2D eigenvalue weighted by atomic mass is 16.4. The number of carbonyl (C=O) groups excluding carboxylic acids is 1. The van der Waals surface area contributed by atoms with Crippen LogP contribution in [0.2, 0.25) is 0 Å². The fourth-order valence-electron chi connectivity index (χ4n) is 1.89. The summed E-state index contributed by atoms with van der Waals surface area (Å²) in [4.78, 5) is 22.0. The quantitative estimate of drug-likeness (QED) is 0.625. The van der Waals surface area contributed by atoms with Gasteiger partial charge >= 0.3 is 12.0 Å². The van der Waals surface area contributed by atoms with E-state index >= 15 is 0 Å². The van der Waals surface area contributed by atoms with Crippen LogP contribution in [-0.4, -0.2) is 29.2 Å². The average Bonchev–Trinajstić information content (AvgIpc) is 2.14. The summed E-state index contributed by atoms with van der Waals surface area (Å²) in [5.41, 5.74) is 0. The van der Waals surface area contributed by atoms with E-state index in [1.54, 1.807) is 0 Å². The lowest BCUT2D eigenvalue weighted by Gasteiger charge is -2.19. The van der Waals surface area contributed by atoms with Crippen molar-refractivity contribution in [3.05, 3.63) is 0 Å². The van der Waals surface area contributed by atoms with Crippen LogP contribution < -0.4 is 10.6 Å². The van der Waals surface area contributed by atoms with Gasteiger partial charge in [0.25, 0.3) is 0 Å². The molecule has 0 radical (unpaired) electrons. The lowest BCUT2D eigenvalue weighted by molar-refractivity contribution is -0.137. The van der Waals surface area contributed by atoms with Gasteiger partial charge in [-0.25, -0.2) is 4.79 Å². The molecule has 18 heavy (non-hydrogen) atoms. The summed E-state index contributed by atoms with van der Waals surface area (Å²) < 4.78 is 0. The second-order valence-electron chi connectivity index (χ2n) is 5.34. The van der Waals surface area contributed by atoms with Crippen LogP contribution in [0.3, 0.4) is 0 Å². The molecule has 0 spiro atoms. The molecule has 106 valence electrons. The Morgan fingerprint density at radius 3 is 2.11 bits per heavy atom. The molecule has 0 aliphatic heterocycles. The minimum atomic E-state index is -0.794. The molecule has 2 unspecified atom stereocenters. The lowest BCUT2D eigenvalue weighted by Crippen LogP contribution is -2.44. The average molecular weight is 258 g/mol. The number of carbonyl (C=O) groups is 2. The highest BCUT2D eigenvalue weighted by Gasteiger charge is 2.11. The van der Waals surface area contributed by atoms with E-state index in [9.17, 15) is 9.59 Å². The topological polar surface area (TPSA) is 78.4 Å². The van der Waals surface area contributed by atoms with Crippen LogP contribution in [0.15, 0.2) is 0 Å². The first kappa shape index (κ1) is 16.7. The number of urea groups is 1. The van der Waals surface area contributed by atoms with Gasteiger partial charge in [0, 0.05) is 18.5 Å². The van der Waals surface area contributed by atoms with Gasteiger partial charge in [-0.15, -0.1) is 0 Å². The summed E-state index contributed by atoms with van der Waals surface area (Å²) in [6, 6.07) is -0.0298. The molecule has 0 aromatic heterocycles. The second-order valence-corrected chi connectivity index (χ2v) is 5.34. The maximum absolute atomic E-state index is 11.6. The fraction of sp³-hybridized carbons (Fsp3) is 0.846. The Hall–Kier alpha value is -1.26. The Morgan fingerprint density at radius 2 is 1.61 bits per heavy atom. The fourth-order valence-corrected chi connectivity index (χ4v) is 1.89. The Morgan fingerprint density at radius 1 is 1.06 bits per heavy atom. The predicted molar refractivity (Wildman–Crippen MR) is 71.5 cm³/mol. The van der Waals surface area contributed by atoms with Crippen LogP contribution in [0.5, 0.6) is 0 Å². The third-order valence-electron chi connectivity index (χ3n) is 2.61. The first-order valence-electron chi connectivity index (χ1n) is 6.60. The van der Waals surface area contributed by atoms with Crippen LogP contribution in [0.4, 0.5) is 4.79 Å². The molecule has 0 heterocycles. The minimum Gasteiger partial charge on any atom is -0.481 e. The molecule has 0 bridgehead atoms. The molecule has 0 aliphatic rings. The van der Waals surface area contributed by atoms with Crippen molar-refractivity contribution in [1.29, 1.82) is 0 Å². The number of amides is 2. The first-order valence-corrected chi connectivity index (χ1v) is 6.60. The molecule has 0 saturated carbocycles. The molecule has 5 nitrogen and oxygen atoms in total.